The lowest BCUT2D eigenvalue weighted by Crippen LogP contribution is -2.36. The van der Waals surface area contributed by atoms with E-state index in [-0.39, 0.29) is 29.1 Å². The third-order valence-electron chi connectivity index (χ3n) is 2.85. The fourth-order valence-corrected chi connectivity index (χ4v) is 3.03. The summed E-state index contributed by atoms with van der Waals surface area (Å²) >= 11 is 12.8. The number of carbonyl (C=O) groups excluding carboxylic acids is 3. The van der Waals surface area contributed by atoms with Gasteiger partial charge >= 0.3 is 0 Å². The van der Waals surface area contributed by atoms with Gasteiger partial charge < -0.3 is 5.32 Å². The van der Waals surface area contributed by atoms with Gasteiger partial charge in [-0.1, -0.05) is 35.3 Å². The van der Waals surface area contributed by atoms with Crippen LogP contribution < -0.4 is 5.32 Å². The second kappa shape index (κ2) is 7.17. The quantitative estimate of drug-likeness (QED) is 0.839. The summed E-state index contributed by atoms with van der Waals surface area (Å²) in [6.45, 7) is 1.72. The number of rotatable bonds is 4. The topological polar surface area (TPSA) is 66.5 Å². The number of hydrogen-bond donors (Lipinski definition) is 1. The van der Waals surface area contributed by atoms with Crippen molar-refractivity contribution in [1.82, 2.24) is 10.2 Å². The van der Waals surface area contributed by atoms with E-state index in [0.717, 1.165) is 16.7 Å². The summed E-state index contributed by atoms with van der Waals surface area (Å²) in [5, 5.41) is 2.87. The van der Waals surface area contributed by atoms with Crippen LogP contribution in [0.3, 0.4) is 0 Å². The van der Waals surface area contributed by atoms with Gasteiger partial charge in [-0.15, -0.1) is 0 Å². The predicted octanol–water partition coefficient (Wildman–Crippen LogP) is 3.17. The Morgan fingerprint density at radius 3 is 2.77 bits per heavy atom. The molecule has 22 heavy (non-hydrogen) atoms. The lowest BCUT2D eigenvalue weighted by atomic mass is 10.2. The molecule has 0 saturated carbocycles. The minimum Gasteiger partial charge on any atom is -0.355 e. The normalized spacial score (nSPS) is 16.5. The van der Waals surface area contributed by atoms with Crippen molar-refractivity contribution < 1.29 is 14.4 Å². The molecule has 1 aromatic rings. The average Bonchev–Trinajstić information content (AvgIpc) is 2.71. The standard InChI is InChI=1S/C14H12Cl2N2O3S/c1-8(19)17-5-6-18-13(20)11(22-14(18)21)7-9-3-2-4-10(15)12(9)16/h2-4,7H,5-6H2,1H3,(H,17,19)/b11-7-. The first kappa shape index (κ1) is 16.9. The molecular formula is C14H12Cl2N2O3S. The fourth-order valence-electron chi connectivity index (χ4n) is 1.81. The number of benzene rings is 1. The van der Waals surface area contributed by atoms with Gasteiger partial charge in [0.05, 0.1) is 15.0 Å². The van der Waals surface area contributed by atoms with Crippen LogP contribution in [0, 0.1) is 0 Å². The largest absolute Gasteiger partial charge is 0.355 e. The van der Waals surface area contributed by atoms with Crippen LogP contribution in [0.25, 0.3) is 6.08 Å². The van der Waals surface area contributed by atoms with Gasteiger partial charge in [0.1, 0.15) is 0 Å². The minimum absolute atomic E-state index is 0.130. The molecular weight excluding hydrogens is 347 g/mol. The molecule has 1 aliphatic heterocycles. The number of imide groups is 1. The van der Waals surface area contributed by atoms with E-state index in [1.54, 1.807) is 18.2 Å². The van der Waals surface area contributed by atoms with E-state index in [9.17, 15) is 14.4 Å². The second-order valence-electron chi connectivity index (χ2n) is 4.46. The summed E-state index contributed by atoms with van der Waals surface area (Å²) in [6, 6.07) is 5.06. The first-order chi connectivity index (χ1) is 10.4. The number of hydrogen-bond acceptors (Lipinski definition) is 4. The summed E-state index contributed by atoms with van der Waals surface area (Å²) in [7, 11) is 0. The van der Waals surface area contributed by atoms with Gasteiger partial charge in [0, 0.05) is 20.0 Å². The molecule has 1 aromatic carbocycles. The van der Waals surface area contributed by atoms with Crippen molar-refractivity contribution >= 4 is 58.1 Å². The van der Waals surface area contributed by atoms with E-state index in [1.807, 2.05) is 0 Å². The van der Waals surface area contributed by atoms with Crippen LogP contribution >= 0.6 is 35.0 Å². The number of thioether (sulfide) groups is 1. The highest BCUT2D eigenvalue weighted by atomic mass is 35.5. The molecule has 3 amide bonds. The lowest BCUT2D eigenvalue weighted by Gasteiger charge is -2.12. The summed E-state index contributed by atoms with van der Waals surface area (Å²) in [5.74, 6) is -0.621. The first-order valence-electron chi connectivity index (χ1n) is 6.34. The predicted molar refractivity (Wildman–Crippen MR) is 87.8 cm³/mol. The zero-order valence-electron chi connectivity index (χ0n) is 11.6. The second-order valence-corrected chi connectivity index (χ2v) is 6.24. The molecule has 1 heterocycles. The van der Waals surface area contributed by atoms with Gasteiger partial charge in [-0.05, 0) is 29.5 Å². The lowest BCUT2D eigenvalue weighted by molar-refractivity contribution is -0.123. The molecule has 0 unspecified atom stereocenters. The third-order valence-corrected chi connectivity index (χ3v) is 4.59. The number of halogens is 2. The average molecular weight is 359 g/mol. The third kappa shape index (κ3) is 3.82. The van der Waals surface area contributed by atoms with Crippen LogP contribution in [0.2, 0.25) is 10.0 Å². The molecule has 1 aliphatic rings. The Labute approximate surface area is 141 Å². The highest BCUT2D eigenvalue weighted by Gasteiger charge is 2.34. The number of nitrogens with zero attached hydrogens (tertiary/aromatic N) is 1. The van der Waals surface area contributed by atoms with Gasteiger partial charge in [-0.2, -0.15) is 0 Å². The fraction of sp³-hybridized carbons (Fsp3) is 0.214. The first-order valence-corrected chi connectivity index (χ1v) is 7.91. The van der Waals surface area contributed by atoms with Crippen LogP contribution in [0.5, 0.6) is 0 Å². The number of nitrogens with one attached hydrogen (secondary N) is 1. The number of amides is 3. The van der Waals surface area contributed by atoms with Crippen molar-refractivity contribution in [2.75, 3.05) is 13.1 Å². The van der Waals surface area contributed by atoms with E-state index in [1.165, 1.54) is 13.0 Å². The molecule has 0 spiro atoms. The van der Waals surface area contributed by atoms with Crippen LogP contribution in [0.15, 0.2) is 23.1 Å². The van der Waals surface area contributed by atoms with Crippen LogP contribution in [-0.4, -0.2) is 35.0 Å². The van der Waals surface area contributed by atoms with E-state index in [0.29, 0.717) is 15.6 Å². The van der Waals surface area contributed by atoms with Gasteiger partial charge in [-0.3, -0.25) is 19.3 Å². The summed E-state index contributed by atoms with van der Waals surface area (Å²) in [5.41, 5.74) is 0.571. The van der Waals surface area contributed by atoms with Gasteiger partial charge in [-0.25, -0.2) is 0 Å². The molecule has 1 N–H and O–H groups in total. The zero-order valence-corrected chi connectivity index (χ0v) is 13.9. The highest BCUT2D eigenvalue weighted by Crippen LogP contribution is 2.34. The summed E-state index contributed by atoms with van der Waals surface area (Å²) in [4.78, 5) is 36.3. The Bertz CT molecular complexity index is 676. The molecule has 0 aromatic heterocycles. The van der Waals surface area contributed by atoms with Crippen molar-refractivity contribution in [2.24, 2.45) is 0 Å². The van der Waals surface area contributed by atoms with E-state index in [2.05, 4.69) is 5.32 Å². The maximum Gasteiger partial charge on any atom is 0.293 e. The Kier molecular flexibility index (Phi) is 5.50. The molecule has 0 atom stereocenters. The molecule has 5 nitrogen and oxygen atoms in total. The van der Waals surface area contributed by atoms with E-state index >= 15 is 0 Å². The molecule has 8 heteroatoms. The Morgan fingerprint density at radius 2 is 2.09 bits per heavy atom. The molecule has 116 valence electrons. The van der Waals surface area contributed by atoms with Crippen molar-refractivity contribution in [1.29, 1.82) is 0 Å². The van der Waals surface area contributed by atoms with E-state index in [4.69, 9.17) is 23.2 Å². The van der Waals surface area contributed by atoms with Crippen molar-refractivity contribution in [2.45, 2.75) is 6.92 Å². The Balaban J connectivity index is 2.15. The number of carbonyl (C=O) groups is 3. The smallest absolute Gasteiger partial charge is 0.293 e. The van der Waals surface area contributed by atoms with E-state index < -0.39 is 5.91 Å². The Morgan fingerprint density at radius 1 is 1.36 bits per heavy atom. The van der Waals surface area contributed by atoms with Crippen molar-refractivity contribution in [3.8, 4) is 0 Å². The molecule has 0 bridgehead atoms. The molecule has 1 fully saturated rings. The molecule has 0 radical (unpaired) electrons. The Hall–Kier alpha value is -1.50. The van der Waals surface area contributed by atoms with Crippen LogP contribution in [-0.2, 0) is 9.59 Å². The van der Waals surface area contributed by atoms with Gasteiger partial charge in [0.15, 0.2) is 0 Å². The maximum atomic E-state index is 12.2. The molecule has 1 saturated heterocycles. The SMILES string of the molecule is CC(=O)NCCN1C(=O)S/C(=C\c2cccc(Cl)c2Cl)C1=O. The minimum atomic E-state index is -0.406. The molecule has 0 aliphatic carbocycles. The maximum absolute atomic E-state index is 12.2. The monoisotopic (exact) mass is 358 g/mol. The van der Waals surface area contributed by atoms with Crippen molar-refractivity contribution in [3.05, 3.63) is 38.7 Å². The van der Waals surface area contributed by atoms with Crippen LogP contribution in [0.4, 0.5) is 4.79 Å². The van der Waals surface area contributed by atoms with Gasteiger partial charge in [0.25, 0.3) is 11.1 Å². The van der Waals surface area contributed by atoms with Gasteiger partial charge in [0.2, 0.25) is 5.91 Å². The van der Waals surface area contributed by atoms with Crippen molar-refractivity contribution in [3.63, 3.8) is 0 Å². The highest BCUT2D eigenvalue weighted by molar-refractivity contribution is 8.18. The van der Waals surface area contributed by atoms with Crippen LogP contribution in [0.1, 0.15) is 12.5 Å². The summed E-state index contributed by atoms with van der Waals surface area (Å²) < 4.78 is 0. The zero-order chi connectivity index (χ0) is 16.3. The molecule has 2 rings (SSSR count). The summed E-state index contributed by atoms with van der Waals surface area (Å²) in [6.07, 6.45) is 1.54.